The lowest BCUT2D eigenvalue weighted by molar-refractivity contribution is 0.103. The summed E-state index contributed by atoms with van der Waals surface area (Å²) in [4.78, 5) is 13.9. The van der Waals surface area contributed by atoms with Gasteiger partial charge in [0, 0.05) is 18.4 Å². The van der Waals surface area contributed by atoms with E-state index in [-0.39, 0.29) is 21.9 Å². The van der Waals surface area contributed by atoms with Crippen molar-refractivity contribution in [1.29, 1.82) is 0 Å². The largest absolute Gasteiger partial charge is 0.361 e. The number of nitrogens with zero attached hydrogens (tertiary/aromatic N) is 2. The van der Waals surface area contributed by atoms with Crippen molar-refractivity contribution in [2.75, 3.05) is 6.26 Å². The number of hydrogen-bond donors (Lipinski definition) is 0. The van der Waals surface area contributed by atoms with Crippen LogP contribution >= 0.6 is 0 Å². The summed E-state index contributed by atoms with van der Waals surface area (Å²) in [6.07, 6.45) is 4.37. The third-order valence-electron chi connectivity index (χ3n) is 6.22. The van der Waals surface area contributed by atoms with E-state index in [4.69, 9.17) is 4.18 Å². The van der Waals surface area contributed by atoms with Gasteiger partial charge < -0.3 is 4.18 Å². The highest BCUT2D eigenvalue weighted by molar-refractivity contribution is 7.90. The Morgan fingerprint density at radius 1 is 1.09 bits per heavy atom. The summed E-state index contributed by atoms with van der Waals surface area (Å²) in [6.45, 7) is 12.9. The summed E-state index contributed by atoms with van der Waals surface area (Å²) < 4.78 is 57.4. The number of carbonyl (C=O) groups excluding carboxylic acids is 1. The fraction of sp³-hybridized carbons (Fsp3) is 0.520. The van der Waals surface area contributed by atoms with Gasteiger partial charge in [-0.05, 0) is 76.3 Å². The molecule has 0 aliphatic heterocycles. The lowest BCUT2D eigenvalue weighted by Gasteiger charge is -2.17. The maximum atomic E-state index is 13.7. The van der Waals surface area contributed by atoms with Gasteiger partial charge in [-0.25, -0.2) is 13.1 Å². The number of rotatable bonds is 11. The zero-order valence-corrected chi connectivity index (χ0v) is 23.4. The summed E-state index contributed by atoms with van der Waals surface area (Å²) >= 11 is 0. The maximum Gasteiger partial charge on any atom is 0.313 e. The molecule has 0 aliphatic carbocycles. The van der Waals surface area contributed by atoms with Crippen LogP contribution in [0.25, 0.3) is 5.57 Å². The Hall–Kier alpha value is -2.46. The summed E-state index contributed by atoms with van der Waals surface area (Å²) in [5.74, 6) is -0.599. The van der Waals surface area contributed by atoms with Crippen LogP contribution in [0.15, 0.2) is 28.8 Å². The number of aromatic nitrogens is 2. The molecule has 1 aromatic carbocycles. The van der Waals surface area contributed by atoms with Crippen molar-refractivity contribution >= 4 is 31.3 Å². The van der Waals surface area contributed by atoms with Gasteiger partial charge in [0.1, 0.15) is 5.56 Å². The van der Waals surface area contributed by atoms with Crippen molar-refractivity contribution in [2.45, 2.75) is 84.4 Å². The van der Waals surface area contributed by atoms with E-state index in [2.05, 4.69) is 5.10 Å². The molecule has 1 aromatic heterocycles. The van der Waals surface area contributed by atoms with Crippen molar-refractivity contribution in [2.24, 2.45) is 0 Å². The Bertz CT molecular complexity index is 1350. The predicted octanol–water partition coefficient (Wildman–Crippen LogP) is 4.95. The number of benzene rings is 1. The molecule has 1 heterocycles. The van der Waals surface area contributed by atoms with E-state index >= 15 is 0 Å². The zero-order chi connectivity index (χ0) is 26.7. The van der Waals surface area contributed by atoms with Gasteiger partial charge in [0.25, 0.3) is 0 Å². The third kappa shape index (κ3) is 6.22. The van der Waals surface area contributed by atoms with Crippen LogP contribution in [0.2, 0.25) is 0 Å². The number of hydrogen-bond acceptors (Lipinski definition) is 7. The van der Waals surface area contributed by atoms with Gasteiger partial charge in [0.05, 0.1) is 16.3 Å². The molecule has 0 saturated carbocycles. The molecule has 0 radical (unpaired) electrons. The van der Waals surface area contributed by atoms with Crippen molar-refractivity contribution < 1.29 is 25.8 Å². The van der Waals surface area contributed by atoms with Gasteiger partial charge in [0.15, 0.2) is 15.6 Å². The average Bonchev–Trinajstić information content (AvgIpc) is 3.16. The molecule has 0 aliphatic rings. The van der Waals surface area contributed by atoms with E-state index in [0.29, 0.717) is 24.1 Å². The zero-order valence-electron chi connectivity index (χ0n) is 21.8. The first-order valence-corrected chi connectivity index (χ1v) is 15.0. The first-order valence-electron chi connectivity index (χ1n) is 11.7. The number of carbonyl (C=O) groups is 1. The molecule has 0 fully saturated rings. The minimum atomic E-state index is -3.99. The van der Waals surface area contributed by atoms with Crippen LogP contribution in [0.5, 0.6) is 5.88 Å². The molecular formula is C25H36N2O6S2. The Balaban J connectivity index is 2.75. The molecule has 35 heavy (non-hydrogen) atoms. The lowest BCUT2D eigenvalue weighted by atomic mass is 9.91. The number of ketones is 1. The second-order valence-corrected chi connectivity index (χ2v) is 13.0. The molecule has 0 bridgehead atoms. The standard InChI is InChI=1S/C25H36N2O6S2/c1-9-11-14-27-25(33-35(31,32)17(5)10-2)21(15-26-27)24(28)20-12-13-22(34(8,29)30)23(19(20)7)18(6)16(3)4/h12-13,15,17H,9-11,14H2,1-8H3. The maximum absolute atomic E-state index is 13.7. The Morgan fingerprint density at radius 2 is 1.71 bits per heavy atom. The van der Waals surface area contributed by atoms with E-state index < -0.39 is 31.0 Å². The molecule has 1 unspecified atom stereocenters. The van der Waals surface area contributed by atoms with Crippen molar-refractivity contribution in [1.82, 2.24) is 9.78 Å². The fourth-order valence-electron chi connectivity index (χ4n) is 3.58. The molecule has 2 rings (SSSR count). The van der Waals surface area contributed by atoms with E-state index in [9.17, 15) is 21.6 Å². The fourth-order valence-corrected chi connectivity index (χ4v) is 5.54. The summed E-state index contributed by atoms with van der Waals surface area (Å²) in [7, 11) is -7.55. The van der Waals surface area contributed by atoms with E-state index in [1.165, 1.54) is 23.0 Å². The predicted molar refractivity (Wildman–Crippen MR) is 138 cm³/mol. The van der Waals surface area contributed by atoms with Crippen molar-refractivity contribution in [3.8, 4) is 5.88 Å². The van der Waals surface area contributed by atoms with Gasteiger partial charge in [0.2, 0.25) is 5.88 Å². The van der Waals surface area contributed by atoms with E-state index in [1.54, 1.807) is 20.8 Å². The minimum Gasteiger partial charge on any atom is -0.361 e. The van der Waals surface area contributed by atoms with Crippen LogP contribution in [0.1, 0.15) is 87.9 Å². The normalized spacial score (nSPS) is 12.9. The quantitative estimate of drug-likeness (QED) is 0.302. The first-order chi connectivity index (χ1) is 16.2. The van der Waals surface area contributed by atoms with Crippen molar-refractivity contribution in [3.63, 3.8) is 0 Å². The Kier molecular flexibility index (Phi) is 9.10. The minimum absolute atomic E-state index is 0.0176. The van der Waals surface area contributed by atoms with Gasteiger partial charge in [-0.1, -0.05) is 25.8 Å². The van der Waals surface area contributed by atoms with Gasteiger partial charge in [-0.3, -0.25) is 4.79 Å². The van der Waals surface area contributed by atoms with E-state index in [1.807, 2.05) is 27.7 Å². The summed E-state index contributed by atoms with van der Waals surface area (Å²) in [6, 6.07) is 2.89. The Labute approximate surface area is 209 Å². The van der Waals surface area contributed by atoms with Crippen LogP contribution in [0.3, 0.4) is 0 Å². The molecule has 2 aromatic rings. The summed E-state index contributed by atoms with van der Waals surface area (Å²) in [5, 5.41) is 3.48. The molecule has 0 N–H and O–H groups in total. The summed E-state index contributed by atoms with van der Waals surface area (Å²) in [5.41, 5.74) is 2.92. The molecule has 1 atom stereocenters. The highest BCUT2D eigenvalue weighted by Crippen LogP contribution is 2.33. The number of sulfone groups is 1. The van der Waals surface area contributed by atoms with Gasteiger partial charge >= 0.3 is 10.1 Å². The van der Waals surface area contributed by atoms with E-state index in [0.717, 1.165) is 30.2 Å². The molecule has 194 valence electrons. The van der Waals surface area contributed by atoms with Gasteiger partial charge in [-0.2, -0.15) is 13.5 Å². The van der Waals surface area contributed by atoms with Crippen molar-refractivity contribution in [3.05, 3.63) is 46.2 Å². The monoisotopic (exact) mass is 524 g/mol. The lowest BCUT2D eigenvalue weighted by Crippen LogP contribution is -2.24. The van der Waals surface area contributed by atoms with Crippen LogP contribution in [0.4, 0.5) is 0 Å². The second-order valence-electron chi connectivity index (χ2n) is 9.07. The molecular weight excluding hydrogens is 488 g/mol. The molecule has 8 nitrogen and oxygen atoms in total. The third-order valence-corrected chi connectivity index (χ3v) is 9.07. The first kappa shape index (κ1) is 28.8. The topological polar surface area (TPSA) is 112 Å². The van der Waals surface area contributed by atoms with Crippen LogP contribution < -0.4 is 4.18 Å². The second kappa shape index (κ2) is 11.1. The highest BCUT2D eigenvalue weighted by atomic mass is 32.2. The highest BCUT2D eigenvalue weighted by Gasteiger charge is 2.30. The molecule has 0 saturated heterocycles. The van der Waals surface area contributed by atoms with Crippen LogP contribution in [-0.4, -0.2) is 43.9 Å². The SMILES string of the molecule is CCCCn1ncc(C(=O)c2ccc(S(C)(=O)=O)c(C(C)=C(C)C)c2C)c1OS(=O)(=O)C(C)CC. The number of allylic oxidation sites excluding steroid dienone is 2. The number of unbranched alkanes of at least 4 members (excludes halogenated alkanes) is 1. The molecule has 0 amide bonds. The smallest absolute Gasteiger partial charge is 0.313 e. The Morgan fingerprint density at radius 3 is 2.23 bits per heavy atom. The van der Waals surface area contributed by atoms with Crippen LogP contribution in [-0.2, 0) is 26.5 Å². The molecule has 10 heteroatoms. The van der Waals surface area contributed by atoms with Gasteiger partial charge in [-0.15, -0.1) is 0 Å². The average molecular weight is 525 g/mol. The molecule has 0 spiro atoms. The van der Waals surface area contributed by atoms with Crippen LogP contribution in [0, 0.1) is 6.92 Å². The number of aryl methyl sites for hydroxylation is 1.